The maximum atomic E-state index is 12.2. The zero-order valence-electron chi connectivity index (χ0n) is 11.9. The maximum Gasteiger partial charge on any atom is 0.328 e. The molecule has 0 aliphatic heterocycles. The zero-order valence-corrected chi connectivity index (χ0v) is 11.9. The number of esters is 1. The SMILES string of the molecule is COC(=O)C(Cc1ccncc1)NC(=O)c1cccn1C. The summed E-state index contributed by atoms with van der Waals surface area (Å²) in [7, 11) is 3.07. The zero-order chi connectivity index (χ0) is 15.2. The number of hydrogen-bond donors (Lipinski definition) is 1. The highest BCUT2D eigenvalue weighted by Gasteiger charge is 2.23. The molecule has 1 unspecified atom stereocenters. The molecule has 1 amide bonds. The minimum absolute atomic E-state index is 0.313. The van der Waals surface area contributed by atoms with Gasteiger partial charge in [0, 0.05) is 32.1 Å². The molecule has 2 aromatic heterocycles. The third-order valence-electron chi connectivity index (χ3n) is 3.16. The van der Waals surface area contributed by atoms with Crippen LogP contribution < -0.4 is 5.32 Å². The number of aryl methyl sites for hydroxylation is 1. The van der Waals surface area contributed by atoms with E-state index in [1.54, 1.807) is 54.5 Å². The van der Waals surface area contributed by atoms with Gasteiger partial charge in [-0.2, -0.15) is 0 Å². The number of pyridine rings is 1. The van der Waals surface area contributed by atoms with E-state index >= 15 is 0 Å². The summed E-state index contributed by atoms with van der Waals surface area (Å²) in [6.07, 6.45) is 5.40. The van der Waals surface area contributed by atoms with Crippen molar-refractivity contribution in [2.24, 2.45) is 7.05 Å². The van der Waals surface area contributed by atoms with Crippen molar-refractivity contribution in [3.63, 3.8) is 0 Å². The third kappa shape index (κ3) is 3.68. The predicted molar refractivity (Wildman–Crippen MR) is 76.6 cm³/mol. The van der Waals surface area contributed by atoms with Crippen LogP contribution in [0.2, 0.25) is 0 Å². The Morgan fingerprint density at radius 2 is 2.05 bits per heavy atom. The summed E-state index contributed by atoms with van der Waals surface area (Å²) in [5, 5.41) is 2.70. The highest BCUT2D eigenvalue weighted by atomic mass is 16.5. The number of ether oxygens (including phenoxy) is 1. The molecule has 0 spiro atoms. The molecule has 0 aliphatic carbocycles. The van der Waals surface area contributed by atoms with Crippen molar-refractivity contribution >= 4 is 11.9 Å². The van der Waals surface area contributed by atoms with E-state index in [2.05, 4.69) is 10.3 Å². The molecule has 0 radical (unpaired) electrons. The smallest absolute Gasteiger partial charge is 0.328 e. The van der Waals surface area contributed by atoms with Crippen molar-refractivity contribution in [1.82, 2.24) is 14.9 Å². The topological polar surface area (TPSA) is 73.2 Å². The molecule has 0 bridgehead atoms. The van der Waals surface area contributed by atoms with E-state index in [0.717, 1.165) is 5.56 Å². The summed E-state index contributed by atoms with van der Waals surface area (Å²) in [6, 6.07) is 6.32. The van der Waals surface area contributed by atoms with Gasteiger partial charge in [-0.05, 0) is 29.8 Å². The fourth-order valence-electron chi connectivity index (χ4n) is 2.02. The van der Waals surface area contributed by atoms with E-state index in [4.69, 9.17) is 4.74 Å². The van der Waals surface area contributed by atoms with E-state index in [1.807, 2.05) is 0 Å². The van der Waals surface area contributed by atoms with Crippen LogP contribution in [-0.4, -0.2) is 34.6 Å². The van der Waals surface area contributed by atoms with Crippen LogP contribution in [0.1, 0.15) is 16.1 Å². The van der Waals surface area contributed by atoms with Gasteiger partial charge in [0.05, 0.1) is 7.11 Å². The Hall–Kier alpha value is -2.63. The summed E-state index contributed by atoms with van der Waals surface area (Å²) in [5.41, 5.74) is 1.38. The Morgan fingerprint density at radius 1 is 1.33 bits per heavy atom. The monoisotopic (exact) mass is 287 g/mol. The number of hydrogen-bond acceptors (Lipinski definition) is 4. The summed E-state index contributed by atoms with van der Waals surface area (Å²) >= 11 is 0. The van der Waals surface area contributed by atoms with E-state index in [-0.39, 0.29) is 5.91 Å². The van der Waals surface area contributed by atoms with Gasteiger partial charge < -0.3 is 14.6 Å². The molecule has 2 heterocycles. The second-order valence-corrected chi connectivity index (χ2v) is 4.61. The number of aromatic nitrogens is 2. The van der Waals surface area contributed by atoms with Gasteiger partial charge in [-0.3, -0.25) is 9.78 Å². The molecule has 6 heteroatoms. The number of nitrogens with one attached hydrogen (secondary N) is 1. The molecule has 0 saturated heterocycles. The first-order chi connectivity index (χ1) is 10.1. The lowest BCUT2D eigenvalue weighted by Gasteiger charge is -2.16. The Kier molecular flexibility index (Phi) is 4.71. The number of amides is 1. The number of carbonyl (C=O) groups excluding carboxylic acids is 2. The first-order valence-electron chi connectivity index (χ1n) is 6.50. The minimum atomic E-state index is -0.736. The van der Waals surface area contributed by atoms with Gasteiger partial charge in [0.2, 0.25) is 0 Å². The lowest BCUT2D eigenvalue weighted by molar-refractivity contribution is -0.142. The van der Waals surface area contributed by atoms with Crippen molar-refractivity contribution in [2.75, 3.05) is 7.11 Å². The largest absolute Gasteiger partial charge is 0.467 e. The van der Waals surface area contributed by atoms with Crippen LogP contribution in [0.5, 0.6) is 0 Å². The van der Waals surface area contributed by atoms with Crippen LogP contribution in [-0.2, 0) is 23.0 Å². The molecule has 2 rings (SSSR count). The molecule has 0 saturated carbocycles. The number of rotatable bonds is 5. The van der Waals surface area contributed by atoms with Crippen LogP contribution in [0.25, 0.3) is 0 Å². The molecule has 21 heavy (non-hydrogen) atoms. The van der Waals surface area contributed by atoms with Crippen LogP contribution >= 0.6 is 0 Å². The van der Waals surface area contributed by atoms with Gasteiger partial charge in [-0.15, -0.1) is 0 Å². The lowest BCUT2D eigenvalue weighted by atomic mass is 10.1. The van der Waals surface area contributed by atoms with Gasteiger partial charge in [-0.25, -0.2) is 4.79 Å². The van der Waals surface area contributed by atoms with Gasteiger partial charge in [0.15, 0.2) is 0 Å². The standard InChI is InChI=1S/C15H17N3O3/c1-18-9-3-4-13(18)14(19)17-12(15(20)21-2)10-11-5-7-16-8-6-11/h3-9,12H,10H2,1-2H3,(H,17,19). The second-order valence-electron chi connectivity index (χ2n) is 4.61. The van der Waals surface area contributed by atoms with Crippen molar-refractivity contribution < 1.29 is 14.3 Å². The Bertz CT molecular complexity index is 622. The van der Waals surface area contributed by atoms with Gasteiger partial charge in [-0.1, -0.05) is 0 Å². The van der Waals surface area contributed by atoms with Crippen LogP contribution in [0.15, 0.2) is 42.9 Å². The predicted octanol–water partition coefficient (Wildman–Crippen LogP) is 0.934. The Balaban J connectivity index is 2.12. The average molecular weight is 287 g/mol. The number of carbonyl (C=O) groups is 2. The van der Waals surface area contributed by atoms with Gasteiger partial charge >= 0.3 is 5.97 Å². The normalized spacial score (nSPS) is 11.7. The quantitative estimate of drug-likeness (QED) is 0.830. The fourth-order valence-corrected chi connectivity index (χ4v) is 2.02. The van der Waals surface area contributed by atoms with Gasteiger partial charge in [0.25, 0.3) is 5.91 Å². The number of methoxy groups -OCH3 is 1. The highest BCUT2D eigenvalue weighted by molar-refractivity contribution is 5.95. The first kappa shape index (κ1) is 14.8. The minimum Gasteiger partial charge on any atom is -0.467 e. The van der Waals surface area contributed by atoms with Crippen molar-refractivity contribution in [2.45, 2.75) is 12.5 Å². The second kappa shape index (κ2) is 6.69. The molecule has 0 fully saturated rings. The fraction of sp³-hybridized carbons (Fsp3) is 0.267. The van der Waals surface area contributed by atoms with E-state index in [1.165, 1.54) is 7.11 Å². The molecule has 6 nitrogen and oxygen atoms in total. The first-order valence-corrected chi connectivity index (χ1v) is 6.50. The molecule has 1 N–H and O–H groups in total. The van der Waals surface area contributed by atoms with E-state index < -0.39 is 12.0 Å². The van der Waals surface area contributed by atoms with Crippen LogP contribution in [0, 0.1) is 0 Å². The van der Waals surface area contributed by atoms with Crippen molar-refractivity contribution in [1.29, 1.82) is 0 Å². The Morgan fingerprint density at radius 3 is 2.62 bits per heavy atom. The summed E-state index contributed by atoms with van der Waals surface area (Å²) < 4.78 is 6.45. The summed E-state index contributed by atoms with van der Waals surface area (Å²) in [6.45, 7) is 0. The molecule has 0 aliphatic rings. The van der Waals surface area contributed by atoms with Crippen LogP contribution in [0.3, 0.4) is 0 Å². The van der Waals surface area contributed by atoms with Crippen molar-refractivity contribution in [3.05, 3.63) is 54.1 Å². The molecular weight excluding hydrogens is 270 g/mol. The van der Waals surface area contributed by atoms with E-state index in [9.17, 15) is 9.59 Å². The summed E-state index contributed by atoms with van der Waals surface area (Å²) in [4.78, 5) is 28.0. The molecular formula is C15H17N3O3. The lowest BCUT2D eigenvalue weighted by Crippen LogP contribution is -2.43. The molecule has 1 atom stereocenters. The maximum absolute atomic E-state index is 12.2. The highest BCUT2D eigenvalue weighted by Crippen LogP contribution is 2.06. The third-order valence-corrected chi connectivity index (χ3v) is 3.16. The van der Waals surface area contributed by atoms with Crippen molar-refractivity contribution in [3.8, 4) is 0 Å². The van der Waals surface area contributed by atoms with Gasteiger partial charge in [0.1, 0.15) is 11.7 Å². The van der Waals surface area contributed by atoms with Crippen LogP contribution in [0.4, 0.5) is 0 Å². The van der Waals surface area contributed by atoms with E-state index in [0.29, 0.717) is 12.1 Å². The molecule has 2 aromatic rings. The molecule has 0 aromatic carbocycles. The molecule has 110 valence electrons. The summed E-state index contributed by atoms with van der Waals surface area (Å²) in [5.74, 6) is -0.790. The average Bonchev–Trinajstić information content (AvgIpc) is 2.93. The Labute approximate surface area is 122 Å². The number of nitrogens with zero attached hydrogens (tertiary/aromatic N) is 2.